The van der Waals surface area contributed by atoms with Crippen molar-refractivity contribution in [3.63, 3.8) is 0 Å². The summed E-state index contributed by atoms with van der Waals surface area (Å²) in [5.74, 6) is 0.364. The van der Waals surface area contributed by atoms with Gasteiger partial charge in [0.05, 0.1) is 36.8 Å². The molecule has 2 N–H and O–H groups in total. The Kier molecular flexibility index (Phi) is 4.75. The number of nitrogens with zero attached hydrogens (tertiary/aromatic N) is 2. The summed E-state index contributed by atoms with van der Waals surface area (Å²) >= 11 is 0. The summed E-state index contributed by atoms with van der Waals surface area (Å²) < 4.78 is 11.2. The predicted molar refractivity (Wildman–Crippen MR) is 81.5 cm³/mol. The molecule has 1 amide bonds. The van der Waals surface area contributed by atoms with E-state index in [1.165, 1.54) is 0 Å². The molecule has 1 atom stereocenters. The van der Waals surface area contributed by atoms with Gasteiger partial charge in [-0.15, -0.1) is 0 Å². The van der Waals surface area contributed by atoms with Crippen molar-refractivity contribution in [2.75, 3.05) is 38.2 Å². The molecule has 7 nitrogen and oxygen atoms in total. The van der Waals surface area contributed by atoms with E-state index in [2.05, 4.69) is 20.4 Å². The minimum absolute atomic E-state index is 0.00140. The lowest BCUT2D eigenvalue weighted by atomic mass is 9.97. The van der Waals surface area contributed by atoms with Gasteiger partial charge in [-0.2, -0.15) is 5.10 Å². The zero-order valence-electron chi connectivity index (χ0n) is 13.2. The standard InChI is InChI=1S/C15H24N4O3/c1-10-14(11(2)18-17-10)16-13(20)9-19-5-3-4-12(8-19)15-21-6-7-22-15/h12,15H,3-9H2,1-2H3,(H,16,20)(H,17,18)/t12-/m1/s1. The zero-order chi connectivity index (χ0) is 15.5. The number of amides is 1. The maximum atomic E-state index is 12.3. The smallest absolute Gasteiger partial charge is 0.238 e. The zero-order valence-corrected chi connectivity index (χ0v) is 13.2. The third-order valence-corrected chi connectivity index (χ3v) is 4.33. The minimum atomic E-state index is -0.0933. The van der Waals surface area contributed by atoms with Crippen LogP contribution in [0.5, 0.6) is 0 Å². The molecular formula is C15H24N4O3. The van der Waals surface area contributed by atoms with Crippen molar-refractivity contribution < 1.29 is 14.3 Å². The molecule has 0 bridgehead atoms. The second kappa shape index (κ2) is 6.76. The molecule has 1 aromatic rings. The Labute approximate surface area is 130 Å². The van der Waals surface area contributed by atoms with Gasteiger partial charge in [-0.25, -0.2) is 0 Å². The van der Waals surface area contributed by atoms with Gasteiger partial charge in [0.25, 0.3) is 0 Å². The lowest BCUT2D eigenvalue weighted by Gasteiger charge is -2.34. The molecule has 7 heteroatoms. The Morgan fingerprint density at radius 3 is 2.86 bits per heavy atom. The van der Waals surface area contributed by atoms with Gasteiger partial charge in [-0.1, -0.05) is 0 Å². The molecule has 0 radical (unpaired) electrons. The van der Waals surface area contributed by atoms with Gasteiger partial charge >= 0.3 is 0 Å². The summed E-state index contributed by atoms with van der Waals surface area (Å²) in [5, 5.41) is 9.93. The second-order valence-electron chi connectivity index (χ2n) is 6.10. The van der Waals surface area contributed by atoms with Gasteiger partial charge < -0.3 is 14.8 Å². The van der Waals surface area contributed by atoms with Crippen LogP contribution in [-0.4, -0.2) is 60.1 Å². The van der Waals surface area contributed by atoms with Crippen molar-refractivity contribution in [1.29, 1.82) is 0 Å². The molecule has 0 unspecified atom stereocenters. The van der Waals surface area contributed by atoms with E-state index in [0.717, 1.165) is 43.0 Å². The maximum absolute atomic E-state index is 12.3. The number of nitrogens with one attached hydrogen (secondary N) is 2. The van der Waals surface area contributed by atoms with Crippen molar-refractivity contribution in [2.45, 2.75) is 33.0 Å². The predicted octanol–water partition coefficient (Wildman–Crippen LogP) is 1.05. The molecule has 2 aliphatic rings. The number of carbonyl (C=O) groups excluding carboxylic acids is 1. The highest BCUT2D eigenvalue weighted by Crippen LogP contribution is 2.25. The van der Waals surface area contributed by atoms with Gasteiger partial charge in [0.1, 0.15) is 0 Å². The average Bonchev–Trinajstić information content (AvgIpc) is 3.13. The quantitative estimate of drug-likeness (QED) is 0.869. The van der Waals surface area contributed by atoms with Crippen LogP contribution in [0.4, 0.5) is 5.69 Å². The first-order valence-corrected chi connectivity index (χ1v) is 7.90. The fourth-order valence-electron chi connectivity index (χ4n) is 3.22. The minimum Gasteiger partial charge on any atom is -0.350 e. The molecule has 3 heterocycles. The van der Waals surface area contributed by atoms with Crippen LogP contribution in [0.25, 0.3) is 0 Å². The fourth-order valence-corrected chi connectivity index (χ4v) is 3.22. The molecule has 1 aromatic heterocycles. The Bertz CT molecular complexity index is 505. The van der Waals surface area contributed by atoms with Crippen molar-refractivity contribution >= 4 is 11.6 Å². The highest BCUT2D eigenvalue weighted by molar-refractivity contribution is 5.93. The van der Waals surface area contributed by atoms with E-state index >= 15 is 0 Å². The van der Waals surface area contributed by atoms with Crippen molar-refractivity contribution in [3.8, 4) is 0 Å². The average molecular weight is 308 g/mol. The van der Waals surface area contributed by atoms with Gasteiger partial charge in [0, 0.05) is 12.5 Å². The normalized spacial score (nSPS) is 23.8. The van der Waals surface area contributed by atoms with Crippen LogP contribution in [0.2, 0.25) is 0 Å². The molecule has 2 saturated heterocycles. The number of hydrogen-bond donors (Lipinski definition) is 2. The topological polar surface area (TPSA) is 79.5 Å². The summed E-state index contributed by atoms with van der Waals surface area (Å²) in [6, 6.07) is 0. The van der Waals surface area contributed by atoms with E-state index < -0.39 is 0 Å². The van der Waals surface area contributed by atoms with Crippen LogP contribution in [0.15, 0.2) is 0 Å². The number of aromatic amines is 1. The highest BCUT2D eigenvalue weighted by Gasteiger charge is 2.31. The lowest BCUT2D eigenvalue weighted by Crippen LogP contribution is -2.44. The van der Waals surface area contributed by atoms with Crippen molar-refractivity contribution in [2.24, 2.45) is 5.92 Å². The first kappa shape index (κ1) is 15.5. The molecule has 0 aliphatic carbocycles. The maximum Gasteiger partial charge on any atom is 0.238 e. The Balaban J connectivity index is 1.52. The van der Waals surface area contributed by atoms with E-state index in [-0.39, 0.29) is 12.2 Å². The van der Waals surface area contributed by atoms with E-state index in [1.807, 2.05) is 13.8 Å². The number of likely N-dealkylation sites (tertiary alicyclic amines) is 1. The molecular weight excluding hydrogens is 284 g/mol. The van der Waals surface area contributed by atoms with E-state index in [1.54, 1.807) is 0 Å². The Morgan fingerprint density at radius 2 is 2.18 bits per heavy atom. The monoisotopic (exact) mass is 308 g/mol. The van der Waals surface area contributed by atoms with Gasteiger partial charge in [0.2, 0.25) is 5.91 Å². The van der Waals surface area contributed by atoms with E-state index in [0.29, 0.717) is 25.7 Å². The first-order chi connectivity index (χ1) is 10.6. The third-order valence-electron chi connectivity index (χ3n) is 4.33. The summed E-state index contributed by atoms with van der Waals surface area (Å²) in [7, 11) is 0. The number of piperidine rings is 1. The Hall–Kier alpha value is -1.44. The summed E-state index contributed by atoms with van der Waals surface area (Å²) in [4.78, 5) is 14.4. The molecule has 0 aromatic carbocycles. The van der Waals surface area contributed by atoms with Crippen LogP contribution in [0.1, 0.15) is 24.2 Å². The van der Waals surface area contributed by atoms with E-state index in [4.69, 9.17) is 9.47 Å². The third kappa shape index (κ3) is 3.48. The number of aromatic nitrogens is 2. The van der Waals surface area contributed by atoms with Crippen LogP contribution in [-0.2, 0) is 14.3 Å². The van der Waals surface area contributed by atoms with Crippen molar-refractivity contribution in [1.82, 2.24) is 15.1 Å². The SMILES string of the molecule is Cc1n[nH]c(C)c1NC(=O)CN1CCC[C@@H](C2OCCO2)C1. The fraction of sp³-hybridized carbons (Fsp3) is 0.733. The van der Waals surface area contributed by atoms with Crippen LogP contribution >= 0.6 is 0 Å². The van der Waals surface area contributed by atoms with Gasteiger partial charge in [-0.05, 0) is 33.2 Å². The van der Waals surface area contributed by atoms with Crippen molar-refractivity contribution in [3.05, 3.63) is 11.4 Å². The van der Waals surface area contributed by atoms with Gasteiger partial charge in [0.15, 0.2) is 6.29 Å². The van der Waals surface area contributed by atoms with Crippen LogP contribution in [0, 0.1) is 19.8 Å². The molecule has 0 saturated carbocycles. The first-order valence-electron chi connectivity index (χ1n) is 7.90. The number of carbonyl (C=O) groups is 1. The molecule has 22 heavy (non-hydrogen) atoms. The number of anilines is 1. The molecule has 122 valence electrons. The summed E-state index contributed by atoms with van der Waals surface area (Å²) in [5.41, 5.74) is 2.49. The number of H-pyrrole nitrogens is 1. The van der Waals surface area contributed by atoms with Crippen LogP contribution in [0.3, 0.4) is 0 Å². The second-order valence-corrected chi connectivity index (χ2v) is 6.10. The molecule has 2 aliphatic heterocycles. The Morgan fingerprint density at radius 1 is 1.41 bits per heavy atom. The highest BCUT2D eigenvalue weighted by atomic mass is 16.7. The summed E-state index contributed by atoms with van der Waals surface area (Å²) in [6.45, 7) is 7.34. The number of rotatable bonds is 4. The number of aryl methyl sites for hydroxylation is 2. The van der Waals surface area contributed by atoms with Gasteiger partial charge in [-0.3, -0.25) is 14.8 Å². The summed E-state index contributed by atoms with van der Waals surface area (Å²) in [6.07, 6.45) is 2.08. The van der Waals surface area contributed by atoms with E-state index in [9.17, 15) is 4.79 Å². The molecule has 0 spiro atoms. The number of ether oxygens (including phenoxy) is 2. The number of hydrogen-bond acceptors (Lipinski definition) is 5. The molecule has 2 fully saturated rings. The molecule has 3 rings (SSSR count). The van der Waals surface area contributed by atoms with Crippen LogP contribution < -0.4 is 5.32 Å². The largest absolute Gasteiger partial charge is 0.350 e. The lowest BCUT2D eigenvalue weighted by molar-refractivity contribution is -0.121.